The van der Waals surface area contributed by atoms with Gasteiger partial charge in [0.05, 0.1) is 12.3 Å². The highest BCUT2D eigenvalue weighted by Gasteiger charge is 2.25. The monoisotopic (exact) mass is 395 g/mol. The van der Waals surface area contributed by atoms with Gasteiger partial charge in [0.15, 0.2) is 0 Å². The molecule has 1 unspecified atom stereocenters. The van der Waals surface area contributed by atoms with E-state index in [1.807, 2.05) is 25.1 Å². The van der Waals surface area contributed by atoms with Crippen LogP contribution in [0.2, 0.25) is 0 Å². The summed E-state index contributed by atoms with van der Waals surface area (Å²) in [5.41, 5.74) is 3.61. The summed E-state index contributed by atoms with van der Waals surface area (Å²) in [7, 11) is 0. The summed E-state index contributed by atoms with van der Waals surface area (Å²) in [6.07, 6.45) is 2.09. The van der Waals surface area contributed by atoms with E-state index in [1.165, 1.54) is 19.1 Å². The van der Waals surface area contributed by atoms with Gasteiger partial charge in [-0.05, 0) is 61.2 Å². The summed E-state index contributed by atoms with van der Waals surface area (Å²) >= 11 is 0. The van der Waals surface area contributed by atoms with Crippen molar-refractivity contribution in [2.24, 2.45) is 0 Å². The molecule has 0 radical (unpaired) electrons. The van der Waals surface area contributed by atoms with Crippen LogP contribution in [0.3, 0.4) is 0 Å². The van der Waals surface area contributed by atoms with Gasteiger partial charge in [0, 0.05) is 18.9 Å². The van der Waals surface area contributed by atoms with E-state index in [4.69, 9.17) is 13.9 Å². The maximum atomic E-state index is 13.4. The summed E-state index contributed by atoms with van der Waals surface area (Å²) in [6, 6.07) is 12.1. The SMILES string of the molecule is CC(=O)OC1CCc2cc(OCCc3nc(-c4cccc(F)c4)oc3C)ccc21. The smallest absolute Gasteiger partial charge is 0.303 e. The third kappa shape index (κ3) is 4.31. The average molecular weight is 395 g/mol. The van der Waals surface area contributed by atoms with E-state index in [2.05, 4.69) is 4.98 Å². The Hall–Kier alpha value is -3.15. The van der Waals surface area contributed by atoms with Crippen LogP contribution in [0.15, 0.2) is 46.9 Å². The van der Waals surface area contributed by atoms with Crippen molar-refractivity contribution >= 4 is 5.97 Å². The number of benzene rings is 2. The Kier molecular flexibility index (Phi) is 5.34. The van der Waals surface area contributed by atoms with Crippen molar-refractivity contribution in [3.63, 3.8) is 0 Å². The minimum Gasteiger partial charge on any atom is -0.493 e. The minimum absolute atomic E-state index is 0.157. The Morgan fingerprint density at radius 3 is 2.93 bits per heavy atom. The molecule has 0 bridgehead atoms. The Morgan fingerprint density at radius 1 is 1.28 bits per heavy atom. The van der Waals surface area contributed by atoms with Gasteiger partial charge in [0.2, 0.25) is 5.89 Å². The van der Waals surface area contributed by atoms with E-state index < -0.39 is 0 Å². The highest BCUT2D eigenvalue weighted by atomic mass is 19.1. The Bertz CT molecular complexity index is 1040. The molecule has 2 aromatic carbocycles. The molecular formula is C23H22FNO4. The predicted octanol–water partition coefficient (Wildman–Crippen LogP) is 4.96. The predicted molar refractivity (Wildman–Crippen MR) is 105 cm³/mol. The number of aromatic nitrogens is 1. The lowest BCUT2D eigenvalue weighted by Crippen LogP contribution is -2.05. The fraction of sp³-hybridized carbons (Fsp3) is 0.304. The van der Waals surface area contributed by atoms with Gasteiger partial charge in [-0.1, -0.05) is 12.1 Å². The number of aryl methyl sites for hydroxylation is 2. The Labute approximate surface area is 168 Å². The van der Waals surface area contributed by atoms with Gasteiger partial charge in [-0.2, -0.15) is 0 Å². The molecule has 0 aliphatic heterocycles. The summed E-state index contributed by atoms with van der Waals surface area (Å²) in [6.45, 7) is 3.72. The van der Waals surface area contributed by atoms with Gasteiger partial charge in [0.25, 0.3) is 0 Å². The van der Waals surface area contributed by atoms with E-state index in [9.17, 15) is 9.18 Å². The number of hydrogen-bond donors (Lipinski definition) is 0. The molecular weight excluding hydrogens is 373 g/mol. The largest absolute Gasteiger partial charge is 0.493 e. The minimum atomic E-state index is -0.323. The molecule has 0 spiro atoms. The first-order valence-corrected chi connectivity index (χ1v) is 9.64. The molecule has 1 aromatic heterocycles. The van der Waals surface area contributed by atoms with E-state index >= 15 is 0 Å². The molecule has 4 rings (SSSR count). The van der Waals surface area contributed by atoms with Crippen LogP contribution in [-0.4, -0.2) is 17.6 Å². The molecule has 0 saturated carbocycles. The quantitative estimate of drug-likeness (QED) is 0.552. The normalized spacial score (nSPS) is 15.2. The average Bonchev–Trinajstić information content (AvgIpc) is 3.25. The van der Waals surface area contributed by atoms with E-state index in [1.54, 1.807) is 12.1 Å². The number of esters is 1. The zero-order valence-corrected chi connectivity index (χ0v) is 16.4. The first-order valence-electron chi connectivity index (χ1n) is 9.64. The zero-order chi connectivity index (χ0) is 20.4. The zero-order valence-electron chi connectivity index (χ0n) is 16.4. The number of oxazole rings is 1. The number of fused-ring (bicyclic) bond motifs is 1. The standard InChI is InChI=1S/C23H22FNO4/c1-14-21(25-23(28-14)17-4-3-5-18(24)12-17)10-11-27-19-7-8-20-16(13-19)6-9-22(20)29-15(2)26/h3-5,7-8,12-13,22H,6,9-11H2,1-2H3. The summed E-state index contributed by atoms with van der Waals surface area (Å²) in [5, 5.41) is 0. The molecule has 150 valence electrons. The van der Waals surface area contributed by atoms with Crippen LogP contribution in [-0.2, 0) is 22.4 Å². The lowest BCUT2D eigenvalue weighted by molar-refractivity contribution is -0.146. The van der Waals surface area contributed by atoms with Crippen molar-refractivity contribution in [1.82, 2.24) is 4.98 Å². The molecule has 5 nitrogen and oxygen atoms in total. The maximum absolute atomic E-state index is 13.4. The molecule has 1 aliphatic carbocycles. The molecule has 1 heterocycles. The van der Waals surface area contributed by atoms with E-state index in [0.29, 0.717) is 30.2 Å². The Balaban J connectivity index is 1.38. The Morgan fingerprint density at radius 2 is 2.14 bits per heavy atom. The molecule has 0 fully saturated rings. The summed E-state index contributed by atoms with van der Waals surface area (Å²) < 4.78 is 30.4. The van der Waals surface area contributed by atoms with Gasteiger partial charge in [-0.15, -0.1) is 0 Å². The topological polar surface area (TPSA) is 61.6 Å². The second-order valence-electron chi connectivity index (χ2n) is 7.13. The summed E-state index contributed by atoms with van der Waals surface area (Å²) in [5.74, 6) is 1.30. The summed E-state index contributed by atoms with van der Waals surface area (Å²) in [4.78, 5) is 15.7. The lowest BCUT2D eigenvalue weighted by Gasteiger charge is -2.12. The first-order chi connectivity index (χ1) is 14.0. The number of halogens is 1. The molecule has 0 saturated heterocycles. The van der Waals surface area contributed by atoms with E-state index in [-0.39, 0.29) is 17.9 Å². The number of carbonyl (C=O) groups is 1. The van der Waals surface area contributed by atoms with Crippen LogP contribution in [0.25, 0.3) is 11.5 Å². The molecule has 1 atom stereocenters. The van der Waals surface area contributed by atoms with Gasteiger partial charge < -0.3 is 13.9 Å². The van der Waals surface area contributed by atoms with Crippen LogP contribution >= 0.6 is 0 Å². The third-order valence-electron chi connectivity index (χ3n) is 5.02. The number of carbonyl (C=O) groups excluding carboxylic acids is 1. The second kappa shape index (κ2) is 8.07. The van der Waals surface area contributed by atoms with Crippen molar-refractivity contribution in [2.75, 3.05) is 6.61 Å². The fourth-order valence-corrected chi connectivity index (χ4v) is 3.64. The van der Waals surface area contributed by atoms with Crippen LogP contribution < -0.4 is 4.74 Å². The molecule has 0 amide bonds. The molecule has 29 heavy (non-hydrogen) atoms. The van der Waals surface area contributed by atoms with Crippen molar-refractivity contribution < 1.29 is 23.1 Å². The number of rotatable bonds is 6. The third-order valence-corrected chi connectivity index (χ3v) is 5.02. The lowest BCUT2D eigenvalue weighted by atomic mass is 10.1. The van der Waals surface area contributed by atoms with Crippen LogP contribution in [0.1, 0.15) is 42.0 Å². The van der Waals surface area contributed by atoms with E-state index in [0.717, 1.165) is 35.4 Å². The van der Waals surface area contributed by atoms with Crippen molar-refractivity contribution in [1.29, 1.82) is 0 Å². The van der Waals surface area contributed by atoms with Gasteiger partial charge in [-0.25, -0.2) is 9.37 Å². The van der Waals surface area contributed by atoms with Crippen LogP contribution in [0, 0.1) is 12.7 Å². The highest BCUT2D eigenvalue weighted by molar-refractivity contribution is 5.66. The molecule has 3 aromatic rings. The molecule has 0 N–H and O–H groups in total. The van der Waals surface area contributed by atoms with Gasteiger partial charge >= 0.3 is 5.97 Å². The second-order valence-corrected chi connectivity index (χ2v) is 7.13. The number of ether oxygens (including phenoxy) is 2. The number of nitrogens with zero attached hydrogens (tertiary/aromatic N) is 1. The maximum Gasteiger partial charge on any atom is 0.303 e. The first kappa shape index (κ1) is 19.2. The van der Waals surface area contributed by atoms with Gasteiger partial charge in [0.1, 0.15) is 23.4 Å². The highest BCUT2D eigenvalue weighted by Crippen LogP contribution is 2.36. The van der Waals surface area contributed by atoms with Crippen molar-refractivity contribution in [2.45, 2.75) is 39.2 Å². The fourth-order valence-electron chi connectivity index (χ4n) is 3.64. The van der Waals surface area contributed by atoms with Crippen molar-refractivity contribution in [3.05, 3.63) is 70.9 Å². The van der Waals surface area contributed by atoms with Crippen LogP contribution in [0.5, 0.6) is 5.75 Å². The molecule has 6 heteroatoms. The number of hydrogen-bond acceptors (Lipinski definition) is 5. The van der Waals surface area contributed by atoms with Gasteiger partial charge in [-0.3, -0.25) is 4.79 Å². The van der Waals surface area contributed by atoms with Crippen LogP contribution in [0.4, 0.5) is 4.39 Å². The van der Waals surface area contributed by atoms with Crippen molar-refractivity contribution in [3.8, 4) is 17.2 Å². The molecule has 1 aliphatic rings.